The Hall–Kier alpha value is -1.46. The molecule has 0 radical (unpaired) electrons. The first-order valence-electron chi connectivity index (χ1n) is 5.52. The van der Waals surface area contributed by atoms with E-state index in [-0.39, 0.29) is 5.91 Å². The highest BCUT2D eigenvalue weighted by Crippen LogP contribution is 2.21. The van der Waals surface area contributed by atoms with Crippen LogP contribution in [0.5, 0.6) is 0 Å². The van der Waals surface area contributed by atoms with Crippen molar-refractivity contribution in [2.24, 2.45) is 0 Å². The number of nitrogens with zero attached hydrogens (tertiary/aromatic N) is 1. The Kier molecular flexibility index (Phi) is 4.17. The second kappa shape index (κ2) is 5.67. The normalized spacial score (nSPS) is 10.5. The van der Waals surface area contributed by atoms with Gasteiger partial charge in [0.05, 0.1) is 17.3 Å². The molecule has 0 saturated carbocycles. The van der Waals surface area contributed by atoms with Gasteiger partial charge in [0, 0.05) is 12.6 Å². The molecule has 2 aromatic rings. The van der Waals surface area contributed by atoms with Crippen molar-refractivity contribution >= 4 is 39.1 Å². The molecule has 19 heavy (non-hydrogen) atoms. The lowest BCUT2D eigenvalue weighted by Gasteiger charge is -2.16. The smallest absolute Gasteiger partial charge is 0.254 e. The van der Waals surface area contributed by atoms with Gasteiger partial charge in [0.2, 0.25) is 0 Å². The van der Waals surface area contributed by atoms with E-state index in [0.717, 1.165) is 0 Å². The molecule has 0 spiro atoms. The Balaban J connectivity index is 2.12. The first-order valence-corrected chi connectivity index (χ1v) is 6.69. The van der Waals surface area contributed by atoms with Gasteiger partial charge in [0.15, 0.2) is 4.67 Å². The molecule has 0 aliphatic carbocycles. The summed E-state index contributed by atoms with van der Waals surface area (Å²) in [7, 11) is 1.70. The minimum absolute atomic E-state index is 0.144. The van der Waals surface area contributed by atoms with Gasteiger partial charge in [-0.05, 0) is 46.3 Å². The molecule has 4 nitrogen and oxygen atoms in total. The zero-order chi connectivity index (χ0) is 14.0. The zero-order valence-electron chi connectivity index (χ0n) is 10.2. The summed E-state index contributed by atoms with van der Waals surface area (Å²) in [4.78, 5) is 13.7. The Morgan fingerprint density at radius 1 is 1.42 bits per heavy atom. The monoisotopic (exact) mass is 342 g/mol. The number of anilines is 1. The number of carbonyl (C=O) groups is 1. The van der Waals surface area contributed by atoms with Gasteiger partial charge in [0.25, 0.3) is 5.91 Å². The van der Waals surface area contributed by atoms with Crippen molar-refractivity contribution in [3.8, 4) is 0 Å². The Morgan fingerprint density at radius 3 is 2.74 bits per heavy atom. The van der Waals surface area contributed by atoms with Gasteiger partial charge in [-0.2, -0.15) is 0 Å². The molecule has 1 amide bonds. The van der Waals surface area contributed by atoms with E-state index in [4.69, 9.17) is 21.8 Å². The largest absolute Gasteiger partial charge is 0.452 e. The fourth-order valence-corrected chi connectivity index (χ4v) is 2.14. The predicted molar refractivity (Wildman–Crippen MR) is 78.1 cm³/mol. The number of furan rings is 1. The molecule has 6 heteroatoms. The molecule has 0 fully saturated rings. The lowest BCUT2D eigenvalue weighted by Crippen LogP contribution is -2.26. The van der Waals surface area contributed by atoms with Crippen molar-refractivity contribution in [1.82, 2.24) is 4.90 Å². The average molecular weight is 344 g/mol. The lowest BCUT2D eigenvalue weighted by atomic mass is 10.2. The first-order chi connectivity index (χ1) is 8.97. The molecule has 1 heterocycles. The summed E-state index contributed by atoms with van der Waals surface area (Å²) in [5.41, 5.74) is 6.56. The number of nitrogens with two attached hydrogens (primary N) is 1. The van der Waals surface area contributed by atoms with Gasteiger partial charge in [0.1, 0.15) is 5.76 Å². The molecule has 0 aliphatic rings. The van der Waals surface area contributed by atoms with Crippen LogP contribution in [0.3, 0.4) is 0 Å². The minimum Gasteiger partial charge on any atom is -0.452 e. The van der Waals surface area contributed by atoms with E-state index in [1.165, 1.54) is 0 Å². The highest BCUT2D eigenvalue weighted by atomic mass is 79.9. The van der Waals surface area contributed by atoms with Crippen LogP contribution in [0, 0.1) is 0 Å². The van der Waals surface area contributed by atoms with Crippen molar-refractivity contribution in [1.29, 1.82) is 0 Å². The van der Waals surface area contributed by atoms with Crippen LogP contribution in [0.15, 0.2) is 39.4 Å². The maximum atomic E-state index is 12.2. The van der Waals surface area contributed by atoms with Crippen molar-refractivity contribution in [2.45, 2.75) is 6.54 Å². The van der Waals surface area contributed by atoms with E-state index < -0.39 is 0 Å². The molecule has 0 atom stereocenters. The van der Waals surface area contributed by atoms with Gasteiger partial charge >= 0.3 is 0 Å². The van der Waals surface area contributed by atoms with Crippen LogP contribution in [0.1, 0.15) is 16.1 Å². The number of benzene rings is 1. The van der Waals surface area contributed by atoms with Gasteiger partial charge < -0.3 is 15.1 Å². The lowest BCUT2D eigenvalue weighted by molar-refractivity contribution is 0.0775. The quantitative estimate of drug-likeness (QED) is 0.867. The summed E-state index contributed by atoms with van der Waals surface area (Å²) in [6.45, 7) is 0.381. The fraction of sp³-hybridized carbons (Fsp3) is 0.154. The fourth-order valence-electron chi connectivity index (χ4n) is 1.62. The standard InChI is InChI=1S/C13H12BrClN2O2/c1-17(7-9-3-5-12(14)19-9)13(18)8-2-4-11(16)10(15)6-8/h2-6H,7,16H2,1H3. The summed E-state index contributed by atoms with van der Waals surface area (Å²) >= 11 is 9.13. The molecular formula is C13H12BrClN2O2. The molecular weight excluding hydrogens is 332 g/mol. The van der Waals surface area contributed by atoms with Crippen molar-refractivity contribution < 1.29 is 9.21 Å². The molecule has 100 valence electrons. The molecule has 0 unspecified atom stereocenters. The van der Waals surface area contributed by atoms with Crippen molar-refractivity contribution in [3.63, 3.8) is 0 Å². The second-order valence-corrected chi connectivity index (χ2v) is 5.29. The molecule has 2 N–H and O–H groups in total. The van der Waals surface area contributed by atoms with Gasteiger partial charge in [-0.25, -0.2) is 0 Å². The van der Waals surface area contributed by atoms with Crippen molar-refractivity contribution in [3.05, 3.63) is 51.3 Å². The number of hydrogen-bond acceptors (Lipinski definition) is 3. The van der Waals surface area contributed by atoms with Gasteiger partial charge in [-0.3, -0.25) is 4.79 Å². The Bertz CT molecular complexity index is 612. The third-order valence-corrected chi connectivity index (χ3v) is 3.37. The number of nitrogen functional groups attached to an aromatic ring is 1. The summed E-state index contributed by atoms with van der Waals surface area (Å²) in [6, 6.07) is 8.43. The molecule has 2 rings (SSSR count). The topological polar surface area (TPSA) is 59.5 Å². The zero-order valence-corrected chi connectivity index (χ0v) is 12.5. The summed E-state index contributed by atoms with van der Waals surface area (Å²) in [5, 5.41) is 0.375. The minimum atomic E-state index is -0.144. The molecule has 1 aromatic carbocycles. The van der Waals surface area contributed by atoms with Crippen LogP contribution in [0.25, 0.3) is 0 Å². The highest BCUT2D eigenvalue weighted by Gasteiger charge is 2.14. The number of rotatable bonds is 3. The second-order valence-electron chi connectivity index (χ2n) is 4.10. The van der Waals surface area contributed by atoms with E-state index >= 15 is 0 Å². The number of halogens is 2. The van der Waals surface area contributed by atoms with E-state index in [9.17, 15) is 4.79 Å². The Morgan fingerprint density at radius 2 is 2.16 bits per heavy atom. The van der Waals surface area contributed by atoms with Crippen LogP contribution in [-0.4, -0.2) is 17.9 Å². The van der Waals surface area contributed by atoms with Crippen LogP contribution < -0.4 is 5.73 Å². The maximum Gasteiger partial charge on any atom is 0.254 e. The summed E-state index contributed by atoms with van der Waals surface area (Å²) in [5.74, 6) is 0.554. The number of amides is 1. The van der Waals surface area contributed by atoms with E-state index in [2.05, 4.69) is 15.9 Å². The SMILES string of the molecule is CN(Cc1ccc(Br)o1)C(=O)c1ccc(N)c(Cl)c1. The highest BCUT2D eigenvalue weighted by molar-refractivity contribution is 9.10. The first kappa shape index (κ1) is 14.0. The van der Waals surface area contributed by atoms with Crippen LogP contribution in [-0.2, 0) is 6.54 Å². The third kappa shape index (κ3) is 3.30. The molecule has 0 saturated heterocycles. The summed E-state index contributed by atoms with van der Waals surface area (Å²) < 4.78 is 6.00. The van der Waals surface area contributed by atoms with E-state index in [1.807, 2.05) is 6.07 Å². The van der Waals surface area contributed by atoms with Crippen LogP contribution in [0.4, 0.5) is 5.69 Å². The Labute approximate surface area is 124 Å². The van der Waals surface area contributed by atoms with Gasteiger partial charge in [-0.15, -0.1) is 0 Å². The van der Waals surface area contributed by atoms with E-state index in [1.54, 1.807) is 36.2 Å². The summed E-state index contributed by atoms with van der Waals surface area (Å²) in [6.07, 6.45) is 0. The predicted octanol–water partition coefficient (Wildman–Crippen LogP) is 3.55. The molecule has 0 aliphatic heterocycles. The number of carbonyl (C=O) groups excluding carboxylic acids is 1. The van der Waals surface area contributed by atoms with Crippen LogP contribution >= 0.6 is 27.5 Å². The molecule has 0 bridgehead atoms. The average Bonchev–Trinajstić information content (AvgIpc) is 2.77. The third-order valence-electron chi connectivity index (χ3n) is 2.62. The number of hydrogen-bond donors (Lipinski definition) is 1. The van der Waals surface area contributed by atoms with E-state index in [0.29, 0.717) is 33.2 Å². The maximum absolute atomic E-state index is 12.2. The van der Waals surface area contributed by atoms with Crippen molar-refractivity contribution in [2.75, 3.05) is 12.8 Å². The van der Waals surface area contributed by atoms with Crippen LogP contribution in [0.2, 0.25) is 5.02 Å². The molecule has 1 aromatic heterocycles. The van der Waals surface area contributed by atoms with Gasteiger partial charge in [-0.1, -0.05) is 11.6 Å².